The summed E-state index contributed by atoms with van der Waals surface area (Å²) in [6.07, 6.45) is 5.48. The Morgan fingerprint density at radius 3 is 2.72 bits per heavy atom. The van der Waals surface area contributed by atoms with Gasteiger partial charge in [-0.2, -0.15) is 0 Å². The molecule has 3 aliphatic rings. The van der Waals surface area contributed by atoms with E-state index in [-0.39, 0.29) is 17.9 Å². The summed E-state index contributed by atoms with van der Waals surface area (Å²) in [4.78, 5) is 33.5. The van der Waals surface area contributed by atoms with Crippen LogP contribution in [0.3, 0.4) is 0 Å². The molecule has 2 saturated heterocycles. The third-order valence-corrected chi connectivity index (χ3v) is 6.56. The molecule has 0 spiro atoms. The fourth-order valence-electron chi connectivity index (χ4n) is 4.67. The van der Waals surface area contributed by atoms with Gasteiger partial charge in [0.05, 0.1) is 41.1 Å². The molecule has 0 aliphatic carbocycles. The van der Waals surface area contributed by atoms with Gasteiger partial charge in [0.1, 0.15) is 11.6 Å². The Hall–Kier alpha value is -2.41. The number of hydrogen-bond donors (Lipinski definition) is 0. The fraction of sp³-hybridized carbons (Fsp3) is 0.524. The van der Waals surface area contributed by atoms with Crippen molar-refractivity contribution in [1.29, 1.82) is 0 Å². The van der Waals surface area contributed by atoms with Crippen molar-refractivity contribution in [3.05, 3.63) is 40.6 Å². The van der Waals surface area contributed by atoms with Gasteiger partial charge in [-0.15, -0.1) is 0 Å². The normalized spacial score (nSPS) is 23.3. The third-order valence-electron chi connectivity index (χ3n) is 6.35. The number of pyridine rings is 1. The summed E-state index contributed by atoms with van der Waals surface area (Å²) in [5.41, 5.74) is 3.12. The summed E-state index contributed by atoms with van der Waals surface area (Å²) in [6, 6.07) is 1.92. The Morgan fingerprint density at radius 2 is 2.00 bits per heavy atom. The number of rotatable bonds is 3. The molecule has 2 aromatic heterocycles. The number of halogens is 1. The molecule has 0 aromatic carbocycles. The SMILES string of the molecule is Cc1nc2c(c(N3CCC3)n1)[C@@H](C)N(C(=O)[C@@H]1CCN(c3cncc(Cl)c3)C1)C2. The lowest BCUT2D eigenvalue weighted by atomic mass is 10.1. The first kappa shape index (κ1) is 18.6. The van der Waals surface area contributed by atoms with Crippen LogP contribution >= 0.6 is 11.6 Å². The minimum absolute atomic E-state index is 0.00980. The first-order valence-electron chi connectivity index (χ1n) is 10.3. The Balaban J connectivity index is 1.34. The van der Waals surface area contributed by atoms with Gasteiger partial charge in [-0.25, -0.2) is 9.97 Å². The van der Waals surface area contributed by atoms with E-state index in [9.17, 15) is 4.79 Å². The molecule has 0 radical (unpaired) electrons. The predicted molar refractivity (Wildman–Crippen MR) is 112 cm³/mol. The van der Waals surface area contributed by atoms with E-state index in [2.05, 4.69) is 26.7 Å². The van der Waals surface area contributed by atoms with Crippen LogP contribution in [0.1, 0.15) is 42.9 Å². The smallest absolute Gasteiger partial charge is 0.228 e. The molecule has 29 heavy (non-hydrogen) atoms. The van der Waals surface area contributed by atoms with Crippen molar-refractivity contribution in [2.24, 2.45) is 5.92 Å². The van der Waals surface area contributed by atoms with Crippen molar-refractivity contribution in [3.63, 3.8) is 0 Å². The number of carbonyl (C=O) groups excluding carboxylic acids is 1. The zero-order valence-electron chi connectivity index (χ0n) is 16.8. The van der Waals surface area contributed by atoms with Crippen LogP contribution in [-0.2, 0) is 11.3 Å². The first-order chi connectivity index (χ1) is 14.0. The van der Waals surface area contributed by atoms with E-state index in [4.69, 9.17) is 16.6 Å². The van der Waals surface area contributed by atoms with E-state index in [0.717, 1.165) is 54.6 Å². The number of aromatic nitrogens is 3. The molecule has 7 nitrogen and oxygen atoms in total. The van der Waals surface area contributed by atoms with E-state index in [1.807, 2.05) is 24.1 Å². The summed E-state index contributed by atoms with van der Waals surface area (Å²) in [7, 11) is 0. The highest BCUT2D eigenvalue weighted by atomic mass is 35.5. The molecule has 5 rings (SSSR count). The van der Waals surface area contributed by atoms with E-state index in [0.29, 0.717) is 18.1 Å². The molecule has 0 bridgehead atoms. The average molecular weight is 413 g/mol. The highest BCUT2D eigenvalue weighted by Crippen LogP contribution is 2.40. The molecule has 2 fully saturated rings. The van der Waals surface area contributed by atoms with Gasteiger partial charge >= 0.3 is 0 Å². The molecule has 2 aromatic rings. The van der Waals surface area contributed by atoms with E-state index < -0.39 is 0 Å². The Morgan fingerprint density at radius 1 is 1.17 bits per heavy atom. The van der Waals surface area contributed by atoms with Crippen molar-refractivity contribution in [2.45, 2.75) is 39.3 Å². The summed E-state index contributed by atoms with van der Waals surface area (Å²) in [6.45, 7) is 8.24. The maximum absolute atomic E-state index is 13.4. The lowest BCUT2D eigenvalue weighted by molar-refractivity contribution is -0.137. The molecule has 152 valence electrons. The zero-order chi connectivity index (χ0) is 20.1. The lowest BCUT2D eigenvalue weighted by Crippen LogP contribution is -2.39. The summed E-state index contributed by atoms with van der Waals surface area (Å²) >= 11 is 6.09. The second-order valence-electron chi connectivity index (χ2n) is 8.23. The van der Waals surface area contributed by atoms with E-state index in [1.165, 1.54) is 6.42 Å². The quantitative estimate of drug-likeness (QED) is 0.772. The van der Waals surface area contributed by atoms with Crippen LogP contribution in [0.4, 0.5) is 11.5 Å². The highest BCUT2D eigenvalue weighted by molar-refractivity contribution is 6.30. The van der Waals surface area contributed by atoms with E-state index >= 15 is 0 Å². The largest absolute Gasteiger partial charge is 0.369 e. The number of nitrogens with zero attached hydrogens (tertiary/aromatic N) is 6. The number of hydrogen-bond acceptors (Lipinski definition) is 6. The van der Waals surface area contributed by atoms with Crippen molar-refractivity contribution < 1.29 is 4.79 Å². The number of carbonyl (C=O) groups is 1. The van der Waals surface area contributed by atoms with Crippen molar-refractivity contribution in [3.8, 4) is 0 Å². The molecule has 0 N–H and O–H groups in total. The number of amides is 1. The molecule has 0 saturated carbocycles. The van der Waals surface area contributed by atoms with Crippen molar-refractivity contribution in [2.75, 3.05) is 36.0 Å². The Labute approximate surface area is 175 Å². The lowest BCUT2D eigenvalue weighted by Gasteiger charge is -2.34. The Kier molecular flexibility index (Phi) is 4.57. The average Bonchev–Trinajstić information content (AvgIpc) is 3.25. The van der Waals surface area contributed by atoms with Gasteiger partial charge in [-0.1, -0.05) is 11.6 Å². The van der Waals surface area contributed by atoms with Crippen LogP contribution in [0.15, 0.2) is 18.5 Å². The van der Waals surface area contributed by atoms with Gasteiger partial charge in [0.15, 0.2) is 0 Å². The molecule has 5 heterocycles. The Bertz CT molecular complexity index is 962. The van der Waals surface area contributed by atoms with Gasteiger partial charge in [0.2, 0.25) is 5.91 Å². The molecule has 1 amide bonds. The van der Waals surface area contributed by atoms with Crippen molar-refractivity contribution in [1.82, 2.24) is 19.9 Å². The highest BCUT2D eigenvalue weighted by Gasteiger charge is 2.40. The van der Waals surface area contributed by atoms with Crippen molar-refractivity contribution >= 4 is 29.0 Å². The first-order valence-corrected chi connectivity index (χ1v) is 10.7. The zero-order valence-corrected chi connectivity index (χ0v) is 17.6. The minimum atomic E-state index is -0.0211. The van der Waals surface area contributed by atoms with Crippen LogP contribution in [0.25, 0.3) is 0 Å². The van der Waals surface area contributed by atoms with Crippen LogP contribution in [0, 0.1) is 12.8 Å². The molecule has 3 aliphatic heterocycles. The molecular weight excluding hydrogens is 388 g/mol. The number of aryl methyl sites for hydroxylation is 1. The topological polar surface area (TPSA) is 65.5 Å². The maximum Gasteiger partial charge on any atom is 0.228 e. The summed E-state index contributed by atoms with van der Waals surface area (Å²) < 4.78 is 0. The van der Waals surface area contributed by atoms with Crippen LogP contribution in [0.2, 0.25) is 5.02 Å². The molecular formula is C21H25ClN6O. The summed E-state index contributed by atoms with van der Waals surface area (Å²) in [5.74, 6) is 2.00. The van der Waals surface area contributed by atoms with Gasteiger partial charge < -0.3 is 14.7 Å². The van der Waals surface area contributed by atoms with Crippen LogP contribution < -0.4 is 9.80 Å². The van der Waals surface area contributed by atoms with Crippen LogP contribution in [0.5, 0.6) is 0 Å². The second-order valence-corrected chi connectivity index (χ2v) is 8.67. The molecule has 8 heteroatoms. The second kappa shape index (κ2) is 7.13. The summed E-state index contributed by atoms with van der Waals surface area (Å²) in [5, 5.41) is 0.619. The predicted octanol–water partition coefficient (Wildman–Crippen LogP) is 2.97. The van der Waals surface area contributed by atoms with Gasteiger partial charge in [-0.05, 0) is 32.8 Å². The molecule has 2 atom stereocenters. The van der Waals surface area contributed by atoms with Gasteiger partial charge in [0.25, 0.3) is 0 Å². The maximum atomic E-state index is 13.4. The van der Waals surface area contributed by atoms with Gasteiger partial charge in [-0.3, -0.25) is 9.78 Å². The number of anilines is 2. The van der Waals surface area contributed by atoms with E-state index in [1.54, 1.807) is 6.20 Å². The molecule has 0 unspecified atom stereocenters. The fourth-order valence-corrected chi connectivity index (χ4v) is 4.84. The minimum Gasteiger partial charge on any atom is -0.369 e. The monoisotopic (exact) mass is 412 g/mol. The third kappa shape index (κ3) is 3.21. The standard InChI is InChI=1S/C21H25ClN6O/c1-13-19-18(24-14(2)25-20(19)26-5-3-6-26)12-28(13)21(29)15-4-7-27(11-15)17-8-16(22)9-23-10-17/h8-10,13,15H,3-7,11-12H2,1-2H3/t13-,15-/m1/s1. The van der Waals surface area contributed by atoms with Gasteiger partial charge in [0, 0.05) is 37.9 Å². The van der Waals surface area contributed by atoms with Crippen LogP contribution in [-0.4, -0.2) is 51.9 Å². The number of fused-ring (bicyclic) bond motifs is 1.